The maximum absolute atomic E-state index is 12.2. The molecule has 2 unspecified atom stereocenters. The van der Waals surface area contributed by atoms with E-state index < -0.39 is 0 Å². The number of hydrogen-bond donors (Lipinski definition) is 2. The molecule has 1 aliphatic rings. The van der Waals surface area contributed by atoms with Crippen molar-refractivity contribution >= 4 is 11.6 Å². The van der Waals surface area contributed by atoms with Crippen LogP contribution in [0, 0.1) is 5.92 Å². The second-order valence-corrected chi connectivity index (χ2v) is 5.17. The van der Waals surface area contributed by atoms with Crippen LogP contribution in [-0.4, -0.2) is 25.6 Å². The number of rotatable bonds is 4. The average molecular weight is 262 g/mol. The monoisotopic (exact) mass is 262 g/mol. The number of ether oxygens (including phenoxy) is 1. The van der Waals surface area contributed by atoms with Crippen LogP contribution in [0.3, 0.4) is 0 Å². The van der Waals surface area contributed by atoms with Crippen LogP contribution in [0.1, 0.15) is 25.3 Å². The van der Waals surface area contributed by atoms with Crippen LogP contribution in [-0.2, 0) is 16.1 Å². The normalized spacial score (nSPS) is 23.1. The first-order chi connectivity index (χ1) is 9.20. The maximum atomic E-state index is 12.2. The minimum Gasteiger partial charge on any atom is -0.380 e. The van der Waals surface area contributed by atoms with Crippen LogP contribution >= 0.6 is 0 Å². The van der Waals surface area contributed by atoms with Gasteiger partial charge in [-0.1, -0.05) is 19.1 Å². The van der Waals surface area contributed by atoms with Gasteiger partial charge in [0, 0.05) is 12.8 Å². The van der Waals surface area contributed by atoms with Gasteiger partial charge in [-0.3, -0.25) is 4.79 Å². The zero-order valence-corrected chi connectivity index (χ0v) is 11.6. The fourth-order valence-corrected chi connectivity index (χ4v) is 2.53. The maximum Gasteiger partial charge on any atom is 0.241 e. The fourth-order valence-electron chi connectivity index (χ4n) is 2.53. The third kappa shape index (κ3) is 3.78. The summed E-state index contributed by atoms with van der Waals surface area (Å²) in [5, 5.41) is 6.28. The van der Waals surface area contributed by atoms with E-state index in [1.54, 1.807) is 7.11 Å². The van der Waals surface area contributed by atoms with Crippen molar-refractivity contribution in [3.05, 3.63) is 29.8 Å². The molecule has 19 heavy (non-hydrogen) atoms. The first kappa shape index (κ1) is 14.0. The van der Waals surface area contributed by atoms with E-state index in [1.807, 2.05) is 24.3 Å². The van der Waals surface area contributed by atoms with Crippen molar-refractivity contribution in [2.45, 2.75) is 32.4 Å². The number of amides is 1. The highest BCUT2D eigenvalue weighted by atomic mass is 16.5. The first-order valence-corrected chi connectivity index (χ1v) is 6.83. The molecule has 1 aromatic rings. The molecular weight excluding hydrogens is 240 g/mol. The van der Waals surface area contributed by atoms with E-state index in [9.17, 15) is 4.79 Å². The van der Waals surface area contributed by atoms with Gasteiger partial charge < -0.3 is 15.4 Å². The van der Waals surface area contributed by atoms with Crippen LogP contribution in [0.25, 0.3) is 0 Å². The van der Waals surface area contributed by atoms with E-state index in [4.69, 9.17) is 4.74 Å². The summed E-state index contributed by atoms with van der Waals surface area (Å²) in [7, 11) is 1.67. The zero-order valence-electron chi connectivity index (χ0n) is 11.6. The molecule has 1 heterocycles. The van der Waals surface area contributed by atoms with Crippen LogP contribution < -0.4 is 10.6 Å². The van der Waals surface area contributed by atoms with Crippen LogP contribution in [0.15, 0.2) is 24.3 Å². The quantitative estimate of drug-likeness (QED) is 0.874. The molecule has 0 bridgehead atoms. The lowest BCUT2D eigenvalue weighted by Crippen LogP contribution is -2.48. The van der Waals surface area contributed by atoms with Crippen molar-refractivity contribution in [2.24, 2.45) is 5.92 Å². The van der Waals surface area contributed by atoms with Gasteiger partial charge in [0.25, 0.3) is 0 Å². The van der Waals surface area contributed by atoms with Gasteiger partial charge >= 0.3 is 0 Å². The van der Waals surface area contributed by atoms with E-state index in [-0.39, 0.29) is 11.9 Å². The molecule has 104 valence electrons. The van der Waals surface area contributed by atoms with Crippen molar-refractivity contribution in [1.29, 1.82) is 0 Å². The number of methoxy groups -OCH3 is 1. The number of carbonyl (C=O) groups is 1. The molecule has 2 atom stereocenters. The number of piperidine rings is 1. The molecule has 4 nitrogen and oxygen atoms in total. The predicted molar refractivity (Wildman–Crippen MR) is 76.0 cm³/mol. The summed E-state index contributed by atoms with van der Waals surface area (Å²) in [5.74, 6) is 0.442. The van der Waals surface area contributed by atoms with E-state index >= 15 is 0 Å². The molecule has 1 aliphatic heterocycles. The lowest BCUT2D eigenvalue weighted by Gasteiger charge is -2.28. The summed E-state index contributed by atoms with van der Waals surface area (Å²) in [5.41, 5.74) is 1.89. The Morgan fingerprint density at radius 2 is 2.37 bits per heavy atom. The molecule has 4 heteroatoms. The highest BCUT2D eigenvalue weighted by Crippen LogP contribution is 2.18. The van der Waals surface area contributed by atoms with Crippen LogP contribution in [0.5, 0.6) is 0 Å². The van der Waals surface area contributed by atoms with Crippen molar-refractivity contribution in [2.75, 3.05) is 19.0 Å². The Morgan fingerprint density at radius 1 is 1.53 bits per heavy atom. The van der Waals surface area contributed by atoms with Gasteiger partial charge in [-0.05, 0) is 43.0 Å². The summed E-state index contributed by atoms with van der Waals surface area (Å²) in [6, 6.07) is 7.70. The van der Waals surface area contributed by atoms with E-state index in [1.165, 1.54) is 0 Å². The Morgan fingerprint density at radius 3 is 3.11 bits per heavy atom. The van der Waals surface area contributed by atoms with Gasteiger partial charge in [-0.15, -0.1) is 0 Å². The van der Waals surface area contributed by atoms with Crippen LogP contribution in [0.2, 0.25) is 0 Å². The third-order valence-corrected chi connectivity index (χ3v) is 3.56. The molecular formula is C15H22N2O2. The molecule has 1 saturated heterocycles. The summed E-state index contributed by atoms with van der Waals surface area (Å²) < 4.78 is 5.10. The van der Waals surface area contributed by atoms with Crippen molar-refractivity contribution in [1.82, 2.24) is 5.32 Å². The molecule has 0 spiro atoms. The number of anilines is 1. The van der Waals surface area contributed by atoms with Gasteiger partial charge in [-0.25, -0.2) is 0 Å². The molecule has 2 rings (SSSR count). The van der Waals surface area contributed by atoms with Crippen LogP contribution in [0.4, 0.5) is 5.69 Å². The van der Waals surface area contributed by atoms with Crippen molar-refractivity contribution in [3.63, 3.8) is 0 Å². The second kappa shape index (κ2) is 6.68. The Kier molecular flexibility index (Phi) is 4.93. The lowest BCUT2D eigenvalue weighted by molar-refractivity contribution is -0.119. The van der Waals surface area contributed by atoms with Gasteiger partial charge in [0.1, 0.15) is 0 Å². The number of hydrogen-bond acceptors (Lipinski definition) is 3. The lowest BCUT2D eigenvalue weighted by atomic mass is 9.92. The minimum atomic E-state index is -0.0835. The largest absolute Gasteiger partial charge is 0.380 e. The topological polar surface area (TPSA) is 50.4 Å². The third-order valence-electron chi connectivity index (χ3n) is 3.56. The van der Waals surface area contributed by atoms with Crippen molar-refractivity contribution in [3.8, 4) is 0 Å². The van der Waals surface area contributed by atoms with Gasteiger partial charge in [0.15, 0.2) is 0 Å². The molecule has 0 aromatic heterocycles. The number of carbonyl (C=O) groups excluding carboxylic acids is 1. The Hall–Kier alpha value is -1.39. The zero-order chi connectivity index (χ0) is 13.7. The Balaban J connectivity index is 1.99. The van der Waals surface area contributed by atoms with Gasteiger partial charge in [0.05, 0.1) is 12.6 Å². The molecule has 0 aliphatic carbocycles. The average Bonchev–Trinajstić information content (AvgIpc) is 2.40. The smallest absolute Gasteiger partial charge is 0.241 e. The second-order valence-electron chi connectivity index (χ2n) is 5.17. The van der Waals surface area contributed by atoms with Gasteiger partial charge in [-0.2, -0.15) is 0 Å². The Bertz CT molecular complexity index is 434. The molecule has 1 aromatic carbocycles. The molecule has 1 fully saturated rings. The number of benzene rings is 1. The molecule has 2 N–H and O–H groups in total. The summed E-state index contributed by atoms with van der Waals surface area (Å²) >= 11 is 0. The Labute approximate surface area is 114 Å². The fraction of sp³-hybridized carbons (Fsp3) is 0.533. The number of nitrogens with one attached hydrogen (secondary N) is 2. The standard InChI is InChI=1S/C15H22N2O2/c1-11-5-4-8-16-14(11)15(18)17-13-7-3-6-12(9-13)10-19-2/h3,6-7,9,11,14,16H,4-5,8,10H2,1-2H3,(H,17,18). The SMILES string of the molecule is COCc1cccc(NC(=O)C2NCCCC2C)c1. The van der Waals surface area contributed by atoms with E-state index in [2.05, 4.69) is 17.6 Å². The summed E-state index contributed by atoms with van der Waals surface area (Å²) in [6.07, 6.45) is 2.25. The first-order valence-electron chi connectivity index (χ1n) is 6.83. The van der Waals surface area contributed by atoms with Gasteiger partial charge in [0.2, 0.25) is 5.91 Å². The molecule has 1 amide bonds. The molecule has 0 saturated carbocycles. The molecule has 0 radical (unpaired) electrons. The van der Waals surface area contributed by atoms with E-state index in [0.717, 1.165) is 30.6 Å². The highest BCUT2D eigenvalue weighted by molar-refractivity contribution is 5.95. The summed E-state index contributed by atoms with van der Waals surface area (Å²) in [4.78, 5) is 12.2. The summed E-state index contributed by atoms with van der Waals surface area (Å²) in [6.45, 7) is 3.60. The van der Waals surface area contributed by atoms with Crippen molar-refractivity contribution < 1.29 is 9.53 Å². The highest BCUT2D eigenvalue weighted by Gasteiger charge is 2.27. The van der Waals surface area contributed by atoms with E-state index in [0.29, 0.717) is 12.5 Å². The minimum absolute atomic E-state index is 0.0572. The predicted octanol–water partition coefficient (Wildman–Crippen LogP) is 2.16.